The minimum atomic E-state index is -0.0260. The van der Waals surface area contributed by atoms with Crippen molar-refractivity contribution in [3.8, 4) is 5.75 Å². The van der Waals surface area contributed by atoms with Crippen LogP contribution in [0.5, 0.6) is 5.75 Å². The predicted octanol–water partition coefficient (Wildman–Crippen LogP) is 5.56. The van der Waals surface area contributed by atoms with Crippen LogP contribution in [0.3, 0.4) is 0 Å². The summed E-state index contributed by atoms with van der Waals surface area (Å²) in [4.78, 5) is 18.7. The lowest BCUT2D eigenvalue weighted by Gasteiger charge is -2.11. The molecule has 29 heavy (non-hydrogen) atoms. The number of thioether (sulfide) groups is 1. The van der Waals surface area contributed by atoms with E-state index in [1.807, 2.05) is 36.4 Å². The maximum atomic E-state index is 12.3. The molecule has 3 aromatic rings. The predicted molar refractivity (Wildman–Crippen MR) is 129 cm³/mol. The van der Waals surface area contributed by atoms with Crippen molar-refractivity contribution in [2.24, 2.45) is 4.99 Å². The maximum Gasteiger partial charge on any atom is 0.266 e. The number of rotatable bonds is 4. The maximum absolute atomic E-state index is 12.3. The van der Waals surface area contributed by atoms with Crippen molar-refractivity contribution in [1.82, 2.24) is 4.90 Å². The Bertz CT molecular complexity index is 1150. The highest BCUT2D eigenvalue weighted by Crippen LogP contribution is 2.32. The van der Waals surface area contributed by atoms with Gasteiger partial charge in [0.05, 0.1) is 8.48 Å². The molecule has 0 bridgehead atoms. The first-order valence-corrected chi connectivity index (χ1v) is 11.0. The Morgan fingerprint density at radius 3 is 2.69 bits per heavy atom. The van der Waals surface area contributed by atoms with E-state index in [0.29, 0.717) is 16.7 Å². The van der Waals surface area contributed by atoms with Gasteiger partial charge in [0.1, 0.15) is 12.4 Å². The molecule has 4 rings (SSSR count). The Morgan fingerprint density at radius 1 is 1.14 bits per heavy atom. The van der Waals surface area contributed by atoms with Gasteiger partial charge in [-0.05, 0) is 74.5 Å². The van der Waals surface area contributed by atoms with E-state index in [1.54, 1.807) is 19.0 Å². The number of halogens is 1. The standard InChI is InChI=1S/C23H19IN2O2S/c1-25-23-26(2)22(27)21(29-23)13-15-10-11-20(19(24)12-15)28-14-17-8-5-7-16-6-3-4-9-18(16)17/h3-13H,14H2,1-2H3/b21-13-,25-23?. The Balaban J connectivity index is 1.52. The van der Waals surface area contributed by atoms with E-state index in [0.717, 1.165) is 20.4 Å². The molecule has 0 atom stereocenters. The molecule has 0 saturated carbocycles. The molecule has 1 aliphatic heterocycles. The number of benzene rings is 3. The third kappa shape index (κ3) is 4.18. The first kappa shape index (κ1) is 20.0. The summed E-state index contributed by atoms with van der Waals surface area (Å²) in [6, 6.07) is 20.6. The summed E-state index contributed by atoms with van der Waals surface area (Å²) < 4.78 is 7.11. The van der Waals surface area contributed by atoms with E-state index < -0.39 is 0 Å². The molecule has 1 fully saturated rings. The van der Waals surface area contributed by atoms with Crippen LogP contribution in [0.1, 0.15) is 11.1 Å². The van der Waals surface area contributed by atoms with Gasteiger partial charge in [0, 0.05) is 14.1 Å². The summed E-state index contributed by atoms with van der Waals surface area (Å²) in [5.41, 5.74) is 2.13. The summed E-state index contributed by atoms with van der Waals surface area (Å²) in [6.45, 7) is 0.507. The normalized spacial score (nSPS) is 16.9. The van der Waals surface area contributed by atoms with Gasteiger partial charge in [0.2, 0.25) is 0 Å². The fourth-order valence-electron chi connectivity index (χ4n) is 3.20. The van der Waals surface area contributed by atoms with Crippen molar-refractivity contribution in [1.29, 1.82) is 0 Å². The fourth-order valence-corrected chi connectivity index (χ4v) is 4.82. The van der Waals surface area contributed by atoms with Gasteiger partial charge in [-0.15, -0.1) is 0 Å². The minimum absolute atomic E-state index is 0.0260. The lowest BCUT2D eigenvalue weighted by Crippen LogP contribution is -2.23. The lowest BCUT2D eigenvalue weighted by molar-refractivity contribution is -0.121. The van der Waals surface area contributed by atoms with Crippen molar-refractivity contribution < 1.29 is 9.53 Å². The second-order valence-corrected chi connectivity index (χ2v) is 8.77. The Hall–Kier alpha value is -2.32. The first-order valence-electron chi connectivity index (χ1n) is 9.10. The Labute approximate surface area is 187 Å². The number of carbonyl (C=O) groups is 1. The van der Waals surface area contributed by atoms with Crippen LogP contribution >= 0.6 is 34.4 Å². The van der Waals surface area contributed by atoms with Crippen LogP contribution in [-0.2, 0) is 11.4 Å². The molecule has 1 heterocycles. The molecule has 4 nitrogen and oxygen atoms in total. The second-order valence-electron chi connectivity index (χ2n) is 6.60. The number of nitrogens with zero attached hydrogens (tertiary/aromatic N) is 2. The van der Waals surface area contributed by atoms with Gasteiger partial charge in [-0.2, -0.15) is 0 Å². The van der Waals surface area contributed by atoms with Crippen LogP contribution in [0.4, 0.5) is 0 Å². The van der Waals surface area contributed by atoms with E-state index >= 15 is 0 Å². The van der Waals surface area contributed by atoms with Crippen LogP contribution < -0.4 is 4.74 Å². The minimum Gasteiger partial charge on any atom is -0.488 e. The number of aliphatic imine (C=N–C) groups is 1. The van der Waals surface area contributed by atoms with Crippen LogP contribution in [0.2, 0.25) is 0 Å². The molecular weight excluding hydrogens is 495 g/mol. The van der Waals surface area contributed by atoms with Gasteiger partial charge < -0.3 is 4.74 Å². The van der Waals surface area contributed by atoms with Crippen LogP contribution in [-0.4, -0.2) is 30.1 Å². The van der Waals surface area contributed by atoms with Crippen molar-refractivity contribution in [2.45, 2.75) is 6.61 Å². The number of amidine groups is 1. The number of carbonyl (C=O) groups excluding carboxylic acids is 1. The first-order chi connectivity index (χ1) is 14.1. The van der Waals surface area contributed by atoms with E-state index in [2.05, 4.69) is 57.9 Å². The van der Waals surface area contributed by atoms with Gasteiger partial charge in [0.25, 0.3) is 5.91 Å². The molecule has 0 aliphatic carbocycles. The number of ether oxygens (including phenoxy) is 1. The zero-order valence-electron chi connectivity index (χ0n) is 16.1. The zero-order valence-corrected chi connectivity index (χ0v) is 19.0. The average molecular weight is 514 g/mol. The van der Waals surface area contributed by atoms with Crippen molar-refractivity contribution in [3.63, 3.8) is 0 Å². The SMILES string of the molecule is CN=C1S/C(=C\c2ccc(OCc3cccc4ccccc34)c(I)c2)C(=O)N1C. The van der Waals surface area contributed by atoms with Crippen molar-refractivity contribution >= 4 is 62.3 Å². The molecule has 0 N–H and O–H groups in total. The summed E-state index contributed by atoms with van der Waals surface area (Å²) in [5, 5.41) is 3.13. The number of fused-ring (bicyclic) bond motifs is 1. The quantitative estimate of drug-likeness (QED) is 0.339. The number of hydrogen-bond donors (Lipinski definition) is 0. The fraction of sp³-hybridized carbons (Fsp3) is 0.130. The molecule has 146 valence electrons. The molecule has 6 heteroatoms. The third-order valence-electron chi connectivity index (χ3n) is 4.71. The number of likely N-dealkylation sites (N-methyl/N-ethyl adjacent to an activating group) is 1. The second kappa shape index (κ2) is 8.59. The van der Waals surface area contributed by atoms with E-state index in [4.69, 9.17) is 4.74 Å². The van der Waals surface area contributed by atoms with Crippen LogP contribution in [0, 0.1) is 3.57 Å². The smallest absolute Gasteiger partial charge is 0.266 e. The summed E-state index contributed by atoms with van der Waals surface area (Å²) in [7, 11) is 3.44. The van der Waals surface area contributed by atoms with Gasteiger partial charge in [-0.3, -0.25) is 14.7 Å². The van der Waals surface area contributed by atoms with Gasteiger partial charge >= 0.3 is 0 Å². The van der Waals surface area contributed by atoms with Gasteiger partial charge in [-0.1, -0.05) is 48.5 Å². The number of amides is 1. The summed E-state index contributed by atoms with van der Waals surface area (Å²) in [6.07, 6.45) is 1.90. The molecule has 3 aromatic carbocycles. The number of hydrogen-bond acceptors (Lipinski definition) is 4. The topological polar surface area (TPSA) is 41.9 Å². The highest BCUT2D eigenvalue weighted by atomic mass is 127. The van der Waals surface area contributed by atoms with Gasteiger partial charge in [-0.25, -0.2) is 0 Å². The van der Waals surface area contributed by atoms with Crippen LogP contribution in [0.15, 0.2) is 70.6 Å². The summed E-state index contributed by atoms with van der Waals surface area (Å²) >= 11 is 3.67. The Kier molecular flexibility index (Phi) is 5.91. The van der Waals surface area contributed by atoms with E-state index in [-0.39, 0.29) is 5.91 Å². The van der Waals surface area contributed by atoms with E-state index in [9.17, 15) is 4.79 Å². The third-order valence-corrected chi connectivity index (χ3v) is 6.71. The van der Waals surface area contributed by atoms with Crippen LogP contribution in [0.25, 0.3) is 16.8 Å². The van der Waals surface area contributed by atoms with Gasteiger partial charge in [0.15, 0.2) is 5.17 Å². The zero-order chi connectivity index (χ0) is 20.4. The molecule has 0 aromatic heterocycles. The molecule has 0 spiro atoms. The molecule has 1 aliphatic rings. The van der Waals surface area contributed by atoms with Crippen molar-refractivity contribution in [2.75, 3.05) is 14.1 Å². The monoisotopic (exact) mass is 514 g/mol. The molecular formula is C23H19IN2O2S. The highest BCUT2D eigenvalue weighted by Gasteiger charge is 2.29. The lowest BCUT2D eigenvalue weighted by atomic mass is 10.1. The molecule has 0 unspecified atom stereocenters. The highest BCUT2D eigenvalue weighted by molar-refractivity contribution is 14.1. The Morgan fingerprint density at radius 2 is 1.93 bits per heavy atom. The van der Waals surface area contributed by atoms with E-state index in [1.165, 1.54) is 22.5 Å². The molecule has 1 saturated heterocycles. The summed E-state index contributed by atoms with van der Waals surface area (Å²) in [5.74, 6) is 0.806. The van der Waals surface area contributed by atoms with Crippen molar-refractivity contribution in [3.05, 3.63) is 80.3 Å². The average Bonchev–Trinajstić information content (AvgIpc) is 3.01. The molecule has 0 radical (unpaired) electrons. The largest absolute Gasteiger partial charge is 0.488 e. The molecule has 1 amide bonds.